The van der Waals surface area contributed by atoms with Crippen molar-refractivity contribution in [1.82, 2.24) is 39.9 Å². The van der Waals surface area contributed by atoms with Gasteiger partial charge in [-0.3, -0.25) is 29.9 Å². The molecule has 0 aliphatic heterocycles. The largest absolute Gasteiger partial charge is 0.254 e. The summed E-state index contributed by atoms with van der Waals surface area (Å²) in [6, 6.07) is 39.8. The number of aryl methyl sites for hydroxylation is 9. The van der Waals surface area contributed by atoms with Gasteiger partial charge in [-0.2, -0.15) is 0 Å². The van der Waals surface area contributed by atoms with Gasteiger partial charge in [-0.1, -0.05) is 78.9 Å². The van der Waals surface area contributed by atoms with Crippen molar-refractivity contribution in [2.24, 2.45) is 0 Å². The average Bonchev–Trinajstić information content (AvgIpc) is 3.42. The number of rotatable bonds is 0. The molecule has 8 heteroatoms. The van der Waals surface area contributed by atoms with Gasteiger partial charge >= 0.3 is 0 Å². The number of fused-ring (bicyclic) bond motifs is 14. The Kier molecular flexibility index (Phi) is 12.3. The lowest BCUT2D eigenvalue weighted by Gasteiger charge is -2.23. The zero-order valence-electron chi connectivity index (χ0n) is 42.9. The quantitative estimate of drug-likeness (QED) is 0.139. The molecule has 73 heavy (non-hydrogen) atoms. The molecule has 0 unspecified atom stereocenters. The standard InChI is InChI=1S/C22H18N2.C16H16N2.C14H12N2.C13H10N2/c1-13-15-7-3-5-9-19(15)23-21-17(13)11-12-18-14(2)16-8-4-6-10-20(16)24-22(18)21;1-9-7-17-15-13(11(9)3)5-6-14-12(4)10(2)8-18-16(14)15;1-9-5-7-15-13-11(9)3-4-12-10(2)6-8-16-14(12)13;1-9-6-8-15-13-11(9)5-4-10-3-2-7-14-12(10)13/h3-10H,11-12H2,1-2H3;5-8H,1-4H3;3-8H,1-2H3;2-8H,1H3. The third kappa shape index (κ3) is 8.42. The van der Waals surface area contributed by atoms with Crippen molar-refractivity contribution in [2.45, 2.75) is 75.2 Å². The SMILES string of the molecule is Cc1c2c(nc3ccccc13)-c1nc3ccccc3c(C)c1CC2.Cc1ccnc2c1ccc1c(C)ccnc12.Cc1ccnc2c1ccc1cccnc12.Cc1cnc2c(ccc3c(C)c(C)cnc32)c1C. The molecule has 0 spiro atoms. The summed E-state index contributed by atoms with van der Waals surface area (Å²) in [7, 11) is 0. The molecule has 0 N–H and O–H groups in total. The highest BCUT2D eigenvalue weighted by molar-refractivity contribution is 6.06. The molecule has 14 rings (SSSR count). The zero-order chi connectivity index (χ0) is 50.5. The van der Waals surface area contributed by atoms with Crippen LogP contribution >= 0.6 is 0 Å². The fourth-order valence-corrected chi connectivity index (χ4v) is 10.5. The maximum absolute atomic E-state index is 5.00. The van der Waals surface area contributed by atoms with E-state index in [9.17, 15) is 0 Å². The summed E-state index contributed by atoms with van der Waals surface area (Å²) >= 11 is 0. The Labute approximate surface area is 425 Å². The average molecular weight is 949 g/mol. The maximum atomic E-state index is 5.00. The lowest BCUT2D eigenvalue weighted by Crippen LogP contribution is -2.11. The second-order valence-corrected chi connectivity index (χ2v) is 19.4. The maximum Gasteiger partial charge on any atom is 0.0967 e. The molecule has 5 aromatic carbocycles. The van der Waals surface area contributed by atoms with E-state index < -0.39 is 0 Å². The molecule has 0 saturated carbocycles. The number of hydrogen-bond donors (Lipinski definition) is 0. The van der Waals surface area contributed by atoms with Crippen LogP contribution in [-0.4, -0.2) is 39.9 Å². The Morgan fingerprint density at radius 1 is 0.288 bits per heavy atom. The molecular formula is C65H56N8. The summed E-state index contributed by atoms with van der Waals surface area (Å²) in [5.41, 5.74) is 24.5. The van der Waals surface area contributed by atoms with Crippen LogP contribution in [0, 0.1) is 62.3 Å². The number of benzene rings is 5. The molecule has 8 aromatic heterocycles. The first-order valence-electron chi connectivity index (χ1n) is 25.0. The van der Waals surface area contributed by atoms with Crippen LogP contribution in [0.1, 0.15) is 61.2 Å². The summed E-state index contributed by atoms with van der Waals surface area (Å²) in [4.78, 5) is 36.9. The van der Waals surface area contributed by atoms with Crippen LogP contribution < -0.4 is 0 Å². The molecule has 8 nitrogen and oxygen atoms in total. The van der Waals surface area contributed by atoms with E-state index in [0.717, 1.165) is 73.7 Å². The van der Waals surface area contributed by atoms with Gasteiger partial charge in [0, 0.05) is 80.3 Å². The van der Waals surface area contributed by atoms with Crippen LogP contribution in [0.3, 0.4) is 0 Å². The van der Waals surface area contributed by atoms with E-state index in [-0.39, 0.29) is 0 Å². The Morgan fingerprint density at radius 3 is 1.14 bits per heavy atom. The second-order valence-electron chi connectivity index (χ2n) is 19.4. The fourth-order valence-electron chi connectivity index (χ4n) is 10.5. The van der Waals surface area contributed by atoms with Crippen LogP contribution in [0.15, 0.2) is 152 Å². The molecule has 0 radical (unpaired) electrons. The van der Waals surface area contributed by atoms with E-state index in [1.54, 1.807) is 0 Å². The van der Waals surface area contributed by atoms with Gasteiger partial charge in [-0.15, -0.1) is 0 Å². The Balaban J connectivity index is 0.000000107. The molecule has 0 fully saturated rings. The first-order valence-corrected chi connectivity index (χ1v) is 25.0. The monoisotopic (exact) mass is 948 g/mol. The van der Waals surface area contributed by atoms with Gasteiger partial charge in [-0.25, -0.2) is 9.97 Å². The lowest BCUT2D eigenvalue weighted by atomic mass is 9.85. The van der Waals surface area contributed by atoms with E-state index in [1.165, 1.54) is 98.9 Å². The van der Waals surface area contributed by atoms with Crippen molar-refractivity contribution in [2.75, 3.05) is 0 Å². The van der Waals surface area contributed by atoms with Gasteiger partial charge in [0.1, 0.15) is 0 Å². The highest BCUT2D eigenvalue weighted by atomic mass is 14.8. The first kappa shape index (κ1) is 46.7. The third-order valence-electron chi connectivity index (χ3n) is 15.1. The van der Waals surface area contributed by atoms with Crippen molar-refractivity contribution in [3.05, 3.63) is 214 Å². The van der Waals surface area contributed by atoms with Crippen molar-refractivity contribution in [3.63, 3.8) is 0 Å². The van der Waals surface area contributed by atoms with Crippen LogP contribution in [0.5, 0.6) is 0 Å². The number of hydrogen-bond acceptors (Lipinski definition) is 8. The van der Waals surface area contributed by atoms with E-state index in [2.05, 4.69) is 183 Å². The Hall–Kier alpha value is -8.62. The van der Waals surface area contributed by atoms with Crippen molar-refractivity contribution in [1.29, 1.82) is 0 Å². The molecule has 8 heterocycles. The number of para-hydroxylation sites is 2. The molecule has 0 bridgehead atoms. The number of pyridine rings is 8. The van der Waals surface area contributed by atoms with Crippen LogP contribution in [0.25, 0.3) is 98.6 Å². The summed E-state index contributed by atoms with van der Waals surface area (Å²) in [5.74, 6) is 0. The predicted molar refractivity (Wildman–Crippen MR) is 304 cm³/mol. The van der Waals surface area contributed by atoms with Crippen LogP contribution in [0.2, 0.25) is 0 Å². The topological polar surface area (TPSA) is 103 Å². The van der Waals surface area contributed by atoms with E-state index in [0.29, 0.717) is 0 Å². The summed E-state index contributed by atoms with van der Waals surface area (Å²) in [6.07, 6.45) is 13.3. The van der Waals surface area contributed by atoms with Crippen molar-refractivity contribution >= 4 is 87.2 Å². The highest BCUT2D eigenvalue weighted by Crippen LogP contribution is 2.39. The third-order valence-corrected chi connectivity index (χ3v) is 15.1. The molecular weight excluding hydrogens is 893 g/mol. The molecule has 356 valence electrons. The smallest absolute Gasteiger partial charge is 0.0967 e. The Bertz CT molecular complexity index is 4110. The minimum absolute atomic E-state index is 0.985. The first-order chi connectivity index (χ1) is 35.5. The highest BCUT2D eigenvalue weighted by Gasteiger charge is 2.24. The second kappa shape index (κ2) is 19.2. The summed E-state index contributed by atoms with van der Waals surface area (Å²) in [6.45, 7) is 19.2. The van der Waals surface area contributed by atoms with Gasteiger partial charge in [0.2, 0.25) is 0 Å². The molecule has 0 amide bonds. The minimum atomic E-state index is 0.985. The van der Waals surface area contributed by atoms with Gasteiger partial charge in [0.25, 0.3) is 0 Å². The van der Waals surface area contributed by atoms with Gasteiger partial charge in [0.05, 0.1) is 55.5 Å². The number of aromatic nitrogens is 8. The molecule has 13 aromatic rings. The van der Waals surface area contributed by atoms with Gasteiger partial charge in [-0.05, 0) is 173 Å². The van der Waals surface area contributed by atoms with Crippen LogP contribution in [0.4, 0.5) is 0 Å². The molecule has 1 aliphatic carbocycles. The van der Waals surface area contributed by atoms with E-state index in [4.69, 9.17) is 9.97 Å². The normalized spacial score (nSPS) is 11.8. The Morgan fingerprint density at radius 2 is 0.671 bits per heavy atom. The van der Waals surface area contributed by atoms with Gasteiger partial charge in [0.15, 0.2) is 0 Å². The molecule has 0 atom stereocenters. The molecule has 0 saturated heterocycles. The fraction of sp³-hybridized carbons (Fsp3) is 0.169. The van der Waals surface area contributed by atoms with Gasteiger partial charge < -0.3 is 0 Å². The zero-order valence-corrected chi connectivity index (χ0v) is 42.9. The van der Waals surface area contributed by atoms with E-state index in [1.807, 2.05) is 61.4 Å². The van der Waals surface area contributed by atoms with Crippen molar-refractivity contribution < 1.29 is 0 Å². The summed E-state index contributed by atoms with van der Waals surface area (Å²) < 4.78 is 0. The lowest BCUT2D eigenvalue weighted by molar-refractivity contribution is 0.904. The summed E-state index contributed by atoms with van der Waals surface area (Å²) in [5, 5.41) is 9.64. The number of nitrogens with zero attached hydrogens (tertiary/aromatic N) is 8. The molecule has 1 aliphatic rings. The van der Waals surface area contributed by atoms with Crippen LogP contribution in [-0.2, 0) is 12.8 Å². The minimum Gasteiger partial charge on any atom is -0.254 e. The van der Waals surface area contributed by atoms with Crippen molar-refractivity contribution in [3.8, 4) is 11.4 Å². The van der Waals surface area contributed by atoms with E-state index >= 15 is 0 Å². The predicted octanol–water partition coefficient (Wildman–Crippen LogP) is 15.7.